The summed E-state index contributed by atoms with van der Waals surface area (Å²) in [6, 6.07) is 11.8. The van der Waals surface area contributed by atoms with Crippen LogP contribution in [0, 0.1) is 12.7 Å². The molecule has 0 atom stereocenters. The Hall–Kier alpha value is -3.15. The number of methoxy groups -OCH3 is 1. The topological polar surface area (TPSA) is 61.3 Å². The third-order valence-electron chi connectivity index (χ3n) is 4.08. The lowest BCUT2D eigenvalue weighted by atomic mass is 10.1. The predicted octanol–water partition coefficient (Wildman–Crippen LogP) is 4.53. The number of halogens is 1. The molecule has 25 heavy (non-hydrogen) atoms. The summed E-state index contributed by atoms with van der Waals surface area (Å²) in [5.74, 6) is 1.89. The molecule has 0 N–H and O–H groups in total. The fraction of sp³-hybridized carbons (Fsp3) is 0.158. The maximum atomic E-state index is 13.0. The highest BCUT2D eigenvalue weighted by Gasteiger charge is 2.18. The second-order valence-corrected chi connectivity index (χ2v) is 5.73. The van der Waals surface area contributed by atoms with Crippen LogP contribution >= 0.6 is 0 Å². The molecule has 0 unspecified atom stereocenters. The van der Waals surface area contributed by atoms with Crippen LogP contribution in [-0.2, 0) is 6.42 Å². The van der Waals surface area contributed by atoms with Gasteiger partial charge in [-0.1, -0.05) is 17.3 Å². The lowest BCUT2D eigenvalue weighted by molar-refractivity contribution is 0.384. The Morgan fingerprint density at radius 2 is 1.92 bits per heavy atom. The number of benzene rings is 2. The average Bonchev–Trinajstić information content (AvgIpc) is 3.21. The third-order valence-corrected chi connectivity index (χ3v) is 4.08. The van der Waals surface area contributed by atoms with E-state index >= 15 is 0 Å². The molecular formula is C19H15FN2O3. The van der Waals surface area contributed by atoms with Crippen LogP contribution in [-0.4, -0.2) is 17.3 Å². The number of fused-ring (bicyclic) bond motifs is 1. The van der Waals surface area contributed by atoms with Crippen molar-refractivity contribution in [2.75, 3.05) is 7.11 Å². The zero-order valence-electron chi connectivity index (χ0n) is 13.7. The van der Waals surface area contributed by atoms with E-state index in [1.807, 2.05) is 25.1 Å². The van der Waals surface area contributed by atoms with Crippen molar-refractivity contribution in [3.05, 3.63) is 65.3 Å². The highest BCUT2D eigenvalue weighted by atomic mass is 19.1. The molecule has 126 valence electrons. The number of hydrogen-bond acceptors (Lipinski definition) is 5. The van der Waals surface area contributed by atoms with Crippen LogP contribution in [0.25, 0.3) is 22.6 Å². The molecule has 0 saturated heterocycles. The van der Waals surface area contributed by atoms with Gasteiger partial charge in [-0.3, -0.25) is 0 Å². The number of hydrogen-bond donors (Lipinski definition) is 0. The van der Waals surface area contributed by atoms with Crippen molar-refractivity contribution >= 4 is 11.0 Å². The minimum atomic E-state index is -0.275. The molecule has 2 heterocycles. The Morgan fingerprint density at radius 3 is 2.68 bits per heavy atom. The van der Waals surface area contributed by atoms with Gasteiger partial charge in [0.1, 0.15) is 17.1 Å². The summed E-state index contributed by atoms with van der Waals surface area (Å²) in [5, 5.41) is 4.96. The molecule has 0 saturated carbocycles. The Labute approximate surface area is 143 Å². The third kappa shape index (κ3) is 2.87. The van der Waals surface area contributed by atoms with Crippen LogP contribution in [0.3, 0.4) is 0 Å². The molecule has 0 radical (unpaired) electrons. The number of ether oxygens (including phenoxy) is 1. The van der Waals surface area contributed by atoms with E-state index in [0.717, 1.165) is 27.8 Å². The zero-order chi connectivity index (χ0) is 17.4. The van der Waals surface area contributed by atoms with Crippen LogP contribution < -0.4 is 4.74 Å². The first-order chi connectivity index (χ1) is 12.1. The molecule has 0 amide bonds. The molecule has 0 aliphatic rings. The van der Waals surface area contributed by atoms with Gasteiger partial charge in [-0.05, 0) is 42.8 Å². The first-order valence-corrected chi connectivity index (χ1v) is 7.78. The van der Waals surface area contributed by atoms with Crippen LogP contribution in [0.1, 0.15) is 17.0 Å². The van der Waals surface area contributed by atoms with E-state index in [1.54, 1.807) is 19.2 Å². The minimum absolute atomic E-state index is 0.275. The van der Waals surface area contributed by atoms with Crippen LogP contribution in [0.5, 0.6) is 5.75 Å². The Bertz CT molecular complexity index is 1030. The average molecular weight is 338 g/mol. The second kappa shape index (κ2) is 6.05. The van der Waals surface area contributed by atoms with E-state index in [0.29, 0.717) is 23.9 Å². The van der Waals surface area contributed by atoms with Gasteiger partial charge in [-0.2, -0.15) is 4.98 Å². The SMILES string of the molecule is COc1ccc2oc(-c3noc(Cc4ccc(F)cc4)n3)c(C)c2c1. The van der Waals surface area contributed by atoms with E-state index in [4.69, 9.17) is 13.7 Å². The molecule has 2 aromatic heterocycles. The van der Waals surface area contributed by atoms with E-state index in [-0.39, 0.29) is 5.82 Å². The van der Waals surface area contributed by atoms with E-state index in [2.05, 4.69) is 10.1 Å². The molecule has 0 aliphatic heterocycles. The van der Waals surface area contributed by atoms with Crippen LogP contribution in [0.2, 0.25) is 0 Å². The van der Waals surface area contributed by atoms with Gasteiger partial charge in [0.15, 0.2) is 5.76 Å². The maximum Gasteiger partial charge on any atom is 0.238 e. The Balaban J connectivity index is 1.66. The summed E-state index contributed by atoms with van der Waals surface area (Å²) < 4.78 is 29.4. The van der Waals surface area contributed by atoms with Gasteiger partial charge in [0, 0.05) is 10.9 Å². The maximum absolute atomic E-state index is 13.0. The van der Waals surface area contributed by atoms with Gasteiger partial charge in [0.2, 0.25) is 11.7 Å². The van der Waals surface area contributed by atoms with Gasteiger partial charge in [-0.25, -0.2) is 4.39 Å². The molecule has 0 spiro atoms. The Kier molecular flexibility index (Phi) is 3.72. The molecule has 0 fully saturated rings. The van der Waals surface area contributed by atoms with Gasteiger partial charge in [0.05, 0.1) is 13.5 Å². The largest absolute Gasteiger partial charge is 0.497 e. The smallest absolute Gasteiger partial charge is 0.238 e. The fourth-order valence-electron chi connectivity index (χ4n) is 2.74. The molecule has 4 aromatic rings. The standard InChI is InChI=1S/C19H15FN2O3/c1-11-15-10-14(23-2)7-8-16(15)24-18(11)19-21-17(25-22-19)9-12-3-5-13(20)6-4-12/h3-8,10H,9H2,1-2H3. The molecule has 5 nitrogen and oxygen atoms in total. The quantitative estimate of drug-likeness (QED) is 0.547. The fourth-order valence-corrected chi connectivity index (χ4v) is 2.74. The number of nitrogens with zero attached hydrogens (tertiary/aromatic N) is 2. The number of aromatic nitrogens is 2. The number of rotatable bonds is 4. The van der Waals surface area contributed by atoms with Crippen molar-refractivity contribution in [1.82, 2.24) is 10.1 Å². The zero-order valence-corrected chi connectivity index (χ0v) is 13.7. The van der Waals surface area contributed by atoms with Gasteiger partial charge < -0.3 is 13.7 Å². The lowest BCUT2D eigenvalue weighted by Crippen LogP contribution is -1.89. The van der Waals surface area contributed by atoms with Crippen LogP contribution in [0.4, 0.5) is 4.39 Å². The van der Waals surface area contributed by atoms with Crippen molar-refractivity contribution in [3.63, 3.8) is 0 Å². The van der Waals surface area contributed by atoms with Crippen molar-refractivity contribution in [3.8, 4) is 17.3 Å². The minimum Gasteiger partial charge on any atom is -0.497 e. The normalized spacial score (nSPS) is 11.2. The molecule has 4 rings (SSSR count). The van der Waals surface area contributed by atoms with Crippen molar-refractivity contribution in [2.45, 2.75) is 13.3 Å². The van der Waals surface area contributed by atoms with Gasteiger partial charge >= 0.3 is 0 Å². The monoisotopic (exact) mass is 338 g/mol. The molecule has 0 aliphatic carbocycles. The van der Waals surface area contributed by atoms with Crippen molar-refractivity contribution in [2.24, 2.45) is 0 Å². The first kappa shape index (κ1) is 15.4. The van der Waals surface area contributed by atoms with Crippen molar-refractivity contribution < 1.29 is 18.1 Å². The van der Waals surface area contributed by atoms with E-state index < -0.39 is 0 Å². The van der Waals surface area contributed by atoms with E-state index in [9.17, 15) is 4.39 Å². The first-order valence-electron chi connectivity index (χ1n) is 7.78. The molecule has 6 heteroatoms. The summed E-state index contributed by atoms with van der Waals surface area (Å²) in [6.07, 6.45) is 0.431. The molecular weight excluding hydrogens is 323 g/mol. The van der Waals surface area contributed by atoms with Gasteiger partial charge in [0.25, 0.3) is 0 Å². The highest BCUT2D eigenvalue weighted by Crippen LogP contribution is 2.33. The summed E-state index contributed by atoms with van der Waals surface area (Å²) in [6.45, 7) is 1.94. The van der Waals surface area contributed by atoms with E-state index in [1.165, 1.54) is 12.1 Å². The second-order valence-electron chi connectivity index (χ2n) is 5.73. The lowest BCUT2D eigenvalue weighted by Gasteiger charge is -1.97. The molecule has 2 aromatic carbocycles. The van der Waals surface area contributed by atoms with Crippen LogP contribution in [0.15, 0.2) is 51.4 Å². The molecule has 0 bridgehead atoms. The van der Waals surface area contributed by atoms with Crippen molar-refractivity contribution in [1.29, 1.82) is 0 Å². The number of aryl methyl sites for hydroxylation is 1. The Morgan fingerprint density at radius 1 is 1.12 bits per heavy atom. The predicted molar refractivity (Wildman–Crippen MR) is 90.0 cm³/mol. The summed E-state index contributed by atoms with van der Waals surface area (Å²) in [4.78, 5) is 4.40. The highest BCUT2D eigenvalue weighted by molar-refractivity contribution is 5.87. The summed E-state index contributed by atoms with van der Waals surface area (Å²) in [7, 11) is 1.62. The summed E-state index contributed by atoms with van der Waals surface area (Å²) >= 11 is 0. The summed E-state index contributed by atoms with van der Waals surface area (Å²) in [5.41, 5.74) is 2.55. The van der Waals surface area contributed by atoms with Gasteiger partial charge in [-0.15, -0.1) is 0 Å². The number of furan rings is 1.